The smallest absolute Gasteiger partial charge is 0.230 e. The second kappa shape index (κ2) is 9.58. The number of anilines is 3. The number of hydrogen-bond acceptors (Lipinski definition) is 6. The molecule has 3 aliphatic heterocycles. The number of H-pyrrole nitrogens is 1. The molecule has 0 aliphatic carbocycles. The number of aromatic nitrogens is 3. The van der Waals surface area contributed by atoms with Crippen molar-refractivity contribution < 1.29 is 9.53 Å². The molecule has 5 heterocycles. The predicted octanol–water partition coefficient (Wildman–Crippen LogP) is 3.73. The Hall–Kier alpha value is -3.39. The van der Waals surface area contributed by atoms with Crippen LogP contribution in [0.4, 0.5) is 17.5 Å². The van der Waals surface area contributed by atoms with E-state index in [-0.39, 0.29) is 11.8 Å². The maximum atomic E-state index is 13.9. The van der Waals surface area contributed by atoms with Crippen LogP contribution in [0.15, 0.2) is 36.5 Å². The zero-order valence-corrected chi connectivity index (χ0v) is 21.2. The van der Waals surface area contributed by atoms with E-state index in [1.54, 1.807) is 0 Å². The molecule has 8 nitrogen and oxygen atoms in total. The van der Waals surface area contributed by atoms with Gasteiger partial charge in [0.2, 0.25) is 11.9 Å². The van der Waals surface area contributed by atoms with Crippen molar-refractivity contribution >= 4 is 23.4 Å². The topological polar surface area (TPSA) is 77.6 Å². The number of pyridine rings is 1. The number of imidazole rings is 1. The van der Waals surface area contributed by atoms with Gasteiger partial charge in [0, 0.05) is 62.5 Å². The van der Waals surface area contributed by atoms with E-state index in [1.165, 1.54) is 11.1 Å². The van der Waals surface area contributed by atoms with Gasteiger partial charge in [-0.05, 0) is 50.5 Å². The van der Waals surface area contributed by atoms with Crippen LogP contribution < -0.4 is 14.7 Å². The molecule has 0 spiro atoms. The van der Waals surface area contributed by atoms with Crippen molar-refractivity contribution in [3.05, 3.63) is 53.3 Å². The van der Waals surface area contributed by atoms with Crippen LogP contribution in [0.1, 0.15) is 29.7 Å². The molecule has 0 bridgehead atoms. The van der Waals surface area contributed by atoms with Crippen LogP contribution in [0.2, 0.25) is 0 Å². The van der Waals surface area contributed by atoms with Crippen LogP contribution in [0.5, 0.6) is 0 Å². The molecule has 1 aromatic carbocycles. The van der Waals surface area contributed by atoms with E-state index in [9.17, 15) is 4.79 Å². The standard InChI is InChI=1S/C28H34N6O2/c1-19-5-6-24-22(18-19)25-23(30-28(31-25)33-14-16-36-17-15-33)9-13-34(24)27(35)21-7-11-32(12-8-21)26-20(2)4-3-10-29-26/h3-6,10,18,21H,7-9,11-17H2,1-2H3,(H,30,31). The Bertz CT molecular complexity index is 1260. The van der Waals surface area contributed by atoms with Crippen molar-refractivity contribution in [2.24, 2.45) is 5.92 Å². The second-order valence-electron chi connectivity index (χ2n) is 10.2. The first-order chi connectivity index (χ1) is 17.6. The largest absolute Gasteiger partial charge is 0.378 e. The lowest BCUT2D eigenvalue weighted by molar-refractivity contribution is -0.123. The third-order valence-corrected chi connectivity index (χ3v) is 7.75. The average Bonchev–Trinajstić information content (AvgIpc) is 3.28. The maximum absolute atomic E-state index is 13.9. The molecular formula is C28H34N6O2. The third-order valence-electron chi connectivity index (χ3n) is 7.75. The highest BCUT2D eigenvalue weighted by Crippen LogP contribution is 2.38. The molecule has 0 atom stereocenters. The fourth-order valence-electron chi connectivity index (χ4n) is 5.74. The molecule has 3 aromatic rings. The Balaban J connectivity index is 1.24. The molecule has 36 heavy (non-hydrogen) atoms. The summed E-state index contributed by atoms with van der Waals surface area (Å²) in [5, 5.41) is 0. The molecule has 1 N–H and O–H groups in total. The third kappa shape index (κ3) is 4.23. The van der Waals surface area contributed by atoms with Crippen molar-refractivity contribution in [1.82, 2.24) is 15.0 Å². The summed E-state index contributed by atoms with van der Waals surface area (Å²) in [6.45, 7) is 9.70. The monoisotopic (exact) mass is 486 g/mol. The Morgan fingerprint density at radius 3 is 2.61 bits per heavy atom. The number of piperidine rings is 1. The number of amides is 1. The molecule has 2 aromatic heterocycles. The highest BCUT2D eigenvalue weighted by molar-refractivity contribution is 6.00. The van der Waals surface area contributed by atoms with Crippen LogP contribution in [0.25, 0.3) is 11.3 Å². The van der Waals surface area contributed by atoms with Crippen molar-refractivity contribution in [3.63, 3.8) is 0 Å². The Morgan fingerprint density at radius 2 is 1.83 bits per heavy atom. The van der Waals surface area contributed by atoms with Gasteiger partial charge in [-0.1, -0.05) is 17.7 Å². The van der Waals surface area contributed by atoms with Crippen molar-refractivity contribution in [3.8, 4) is 11.3 Å². The summed E-state index contributed by atoms with van der Waals surface area (Å²) in [5.41, 5.74) is 6.47. The van der Waals surface area contributed by atoms with Gasteiger partial charge in [0.15, 0.2) is 0 Å². The minimum atomic E-state index is 0.0210. The molecule has 0 unspecified atom stereocenters. The summed E-state index contributed by atoms with van der Waals surface area (Å²) in [6.07, 6.45) is 4.30. The minimum absolute atomic E-state index is 0.0210. The second-order valence-corrected chi connectivity index (χ2v) is 10.2. The van der Waals surface area contributed by atoms with E-state index < -0.39 is 0 Å². The van der Waals surface area contributed by atoms with Gasteiger partial charge in [-0.15, -0.1) is 0 Å². The first kappa shape index (κ1) is 23.0. The van der Waals surface area contributed by atoms with Gasteiger partial charge in [0.1, 0.15) is 5.82 Å². The number of aromatic amines is 1. The predicted molar refractivity (Wildman–Crippen MR) is 142 cm³/mol. The summed E-state index contributed by atoms with van der Waals surface area (Å²) < 4.78 is 5.52. The van der Waals surface area contributed by atoms with Crippen molar-refractivity contribution in [2.75, 3.05) is 60.6 Å². The maximum Gasteiger partial charge on any atom is 0.230 e. The van der Waals surface area contributed by atoms with E-state index in [2.05, 4.69) is 57.9 Å². The molecular weight excluding hydrogens is 452 g/mol. The quantitative estimate of drug-likeness (QED) is 0.608. The van der Waals surface area contributed by atoms with Gasteiger partial charge in [0.05, 0.1) is 24.6 Å². The van der Waals surface area contributed by atoms with Gasteiger partial charge in [-0.3, -0.25) is 4.79 Å². The highest BCUT2D eigenvalue weighted by atomic mass is 16.5. The number of benzene rings is 1. The summed E-state index contributed by atoms with van der Waals surface area (Å²) in [6, 6.07) is 10.5. The lowest BCUT2D eigenvalue weighted by Crippen LogP contribution is -2.43. The molecule has 0 saturated carbocycles. The number of aryl methyl sites for hydroxylation is 2. The minimum Gasteiger partial charge on any atom is -0.378 e. The number of nitrogens with zero attached hydrogens (tertiary/aromatic N) is 5. The summed E-state index contributed by atoms with van der Waals surface area (Å²) >= 11 is 0. The number of carbonyl (C=O) groups is 1. The zero-order valence-electron chi connectivity index (χ0n) is 21.2. The summed E-state index contributed by atoms with van der Waals surface area (Å²) in [5.74, 6) is 2.20. The SMILES string of the molecule is Cc1ccc2c(c1)-c1nc(N3CCOCC3)[nH]c1CCN2C(=O)C1CCN(c2ncccc2C)CC1. The van der Waals surface area contributed by atoms with E-state index in [1.807, 2.05) is 17.2 Å². The molecule has 8 heteroatoms. The molecule has 2 fully saturated rings. The summed E-state index contributed by atoms with van der Waals surface area (Å²) in [7, 11) is 0. The van der Waals surface area contributed by atoms with Crippen LogP contribution >= 0.6 is 0 Å². The Labute approximate surface area is 212 Å². The first-order valence-electron chi connectivity index (χ1n) is 13.1. The highest BCUT2D eigenvalue weighted by Gasteiger charge is 2.33. The fraction of sp³-hybridized carbons (Fsp3) is 0.464. The van der Waals surface area contributed by atoms with E-state index in [0.717, 1.165) is 93.1 Å². The fourth-order valence-corrected chi connectivity index (χ4v) is 5.74. The van der Waals surface area contributed by atoms with Crippen molar-refractivity contribution in [2.45, 2.75) is 33.1 Å². The molecule has 0 radical (unpaired) electrons. The number of carbonyl (C=O) groups excluding carboxylic acids is 1. The number of morpholine rings is 1. The number of ether oxygens (including phenoxy) is 1. The van der Waals surface area contributed by atoms with Crippen LogP contribution in [0.3, 0.4) is 0 Å². The first-order valence-corrected chi connectivity index (χ1v) is 13.1. The Kier molecular flexibility index (Phi) is 6.13. The number of hydrogen-bond donors (Lipinski definition) is 1. The molecule has 1 amide bonds. The van der Waals surface area contributed by atoms with E-state index in [0.29, 0.717) is 6.54 Å². The van der Waals surface area contributed by atoms with Gasteiger partial charge in [0.25, 0.3) is 0 Å². The van der Waals surface area contributed by atoms with E-state index >= 15 is 0 Å². The van der Waals surface area contributed by atoms with Gasteiger partial charge in [-0.25, -0.2) is 9.97 Å². The lowest BCUT2D eigenvalue weighted by Gasteiger charge is -2.35. The van der Waals surface area contributed by atoms with Crippen LogP contribution in [-0.2, 0) is 16.0 Å². The number of nitrogens with one attached hydrogen (secondary N) is 1. The molecule has 2 saturated heterocycles. The van der Waals surface area contributed by atoms with Crippen LogP contribution in [0, 0.1) is 19.8 Å². The Morgan fingerprint density at radius 1 is 1.03 bits per heavy atom. The van der Waals surface area contributed by atoms with Gasteiger partial charge >= 0.3 is 0 Å². The van der Waals surface area contributed by atoms with Gasteiger partial charge < -0.3 is 24.4 Å². The van der Waals surface area contributed by atoms with Gasteiger partial charge in [-0.2, -0.15) is 0 Å². The lowest BCUT2D eigenvalue weighted by atomic mass is 9.94. The normalized spacial score (nSPS) is 18.6. The van der Waals surface area contributed by atoms with Crippen LogP contribution in [-0.4, -0.2) is 66.8 Å². The average molecular weight is 487 g/mol. The summed E-state index contributed by atoms with van der Waals surface area (Å²) in [4.78, 5) is 33.7. The van der Waals surface area contributed by atoms with E-state index in [4.69, 9.17) is 9.72 Å². The molecule has 6 rings (SSSR count). The molecule has 188 valence electrons. The molecule has 3 aliphatic rings. The van der Waals surface area contributed by atoms with Crippen molar-refractivity contribution in [1.29, 1.82) is 0 Å². The number of rotatable bonds is 3. The number of fused-ring (bicyclic) bond motifs is 3. The zero-order chi connectivity index (χ0) is 24.6.